The Morgan fingerprint density at radius 2 is 1.44 bits per heavy atom. The first-order valence-corrected chi connectivity index (χ1v) is 12.7. The lowest BCUT2D eigenvalue weighted by Crippen LogP contribution is -2.06. The molecule has 0 aromatic heterocycles. The number of nitrogens with zero attached hydrogens (tertiary/aromatic N) is 1. The minimum atomic E-state index is -0.423. The zero-order valence-electron chi connectivity index (χ0n) is 21.8. The van der Waals surface area contributed by atoms with E-state index in [0.717, 1.165) is 56.8 Å². The lowest BCUT2D eigenvalue weighted by Gasteiger charge is -2.08. The van der Waals surface area contributed by atoms with Crippen molar-refractivity contribution >= 4 is 16.7 Å². The summed E-state index contributed by atoms with van der Waals surface area (Å²) in [5.41, 5.74) is 5.50. The van der Waals surface area contributed by atoms with Gasteiger partial charge in [-0.25, -0.2) is 4.79 Å². The molecular formula is C35H27NO3. The van der Waals surface area contributed by atoms with Gasteiger partial charge in [-0.15, -0.1) is 0 Å². The van der Waals surface area contributed by atoms with Crippen LogP contribution in [0.4, 0.5) is 0 Å². The number of ether oxygens (including phenoxy) is 2. The number of nitriles is 1. The largest absolute Gasteiger partial charge is 0.493 e. The smallest absolute Gasteiger partial charge is 0.330 e. The third-order valence-corrected chi connectivity index (χ3v) is 5.97. The summed E-state index contributed by atoms with van der Waals surface area (Å²) in [6.07, 6.45) is 2.61. The number of benzene rings is 4. The van der Waals surface area contributed by atoms with Gasteiger partial charge in [0, 0.05) is 34.8 Å². The first-order chi connectivity index (χ1) is 19.1. The topological polar surface area (TPSA) is 59.3 Å². The maximum atomic E-state index is 11.1. The molecule has 0 spiro atoms. The molecule has 4 rings (SSSR count). The van der Waals surface area contributed by atoms with Crippen LogP contribution in [-0.2, 0) is 16.0 Å². The van der Waals surface area contributed by atoms with Crippen LogP contribution in [0.2, 0.25) is 0 Å². The first kappa shape index (κ1) is 26.8. The van der Waals surface area contributed by atoms with Crippen LogP contribution in [0.3, 0.4) is 0 Å². The molecule has 0 N–H and O–H groups in total. The lowest BCUT2D eigenvalue weighted by molar-refractivity contribution is -0.137. The van der Waals surface area contributed by atoms with Crippen molar-refractivity contribution in [2.75, 3.05) is 13.2 Å². The van der Waals surface area contributed by atoms with Crippen LogP contribution in [0.15, 0.2) is 91.5 Å². The van der Waals surface area contributed by atoms with Gasteiger partial charge in [0.1, 0.15) is 5.75 Å². The molecule has 0 radical (unpaired) electrons. The Morgan fingerprint density at radius 3 is 2.18 bits per heavy atom. The van der Waals surface area contributed by atoms with Crippen molar-refractivity contribution in [1.82, 2.24) is 0 Å². The predicted octanol–water partition coefficient (Wildman–Crippen LogP) is 6.57. The second kappa shape index (κ2) is 13.3. The van der Waals surface area contributed by atoms with Crippen LogP contribution >= 0.6 is 0 Å². The maximum absolute atomic E-state index is 11.1. The zero-order chi connectivity index (χ0) is 27.5. The molecule has 0 atom stereocenters. The van der Waals surface area contributed by atoms with Crippen molar-refractivity contribution in [3.05, 3.63) is 125 Å². The van der Waals surface area contributed by atoms with E-state index in [0.29, 0.717) is 25.2 Å². The van der Waals surface area contributed by atoms with Gasteiger partial charge in [-0.1, -0.05) is 49.3 Å². The van der Waals surface area contributed by atoms with Gasteiger partial charge in [-0.3, -0.25) is 0 Å². The molecule has 0 heterocycles. The molecule has 4 nitrogen and oxygen atoms in total. The van der Waals surface area contributed by atoms with Gasteiger partial charge in [-0.2, -0.15) is 5.26 Å². The fourth-order valence-electron chi connectivity index (χ4n) is 3.87. The van der Waals surface area contributed by atoms with Crippen LogP contribution < -0.4 is 4.74 Å². The molecule has 39 heavy (non-hydrogen) atoms. The number of carbonyl (C=O) groups is 1. The molecule has 0 aliphatic rings. The van der Waals surface area contributed by atoms with Gasteiger partial charge < -0.3 is 9.47 Å². The zero-order valence-corrected chi connectivity index (χ0v) is 21.8. The maximum Gasteiger partial charge on any atom is 0.330 e. The van der Waals surface area contributed by atoms with Crippen LogP contribution in [0.5, 0.6) is 5.75 Å². The Kier molecular flexibility index (Phi) is 9.18. The Bertz CT molecular complexity index is 1670. The van der Waals surface area contributed by atoms with E-state index in [-0.39, 0.29) is 0 Å². The van der Waals surface area contributed by atoms with Crippen molar-refractivity contribution in [1.29, 1.82) is 5.26 Å². The number of rotatable bonds is 7. The van der Waals surface area contributed by atoms with Crippen molar-refractivity contribution in [2.45, 2.75) is 19.8 Å². The van der Waals surface area contributed by atoms with E-state index < -0.39 is 5.97 Å². The molecule has 190 valence electrons. The van der Waals surface area contributed by atoms with Gasteiger partial charge in [0.15, 0.2) is 0 Å². The van der Waals surface area contributed by atoms with Crippen LogP contribution in [-0.4, -0.2) is 19.2 Å². The summed E-state index contributed by atoms with van der Waals surface area (Å²) in [5, 5.41) is 11.1. The fourth-order valence-corrected chi connectivity index (χ4v) is 3.87. The van der Waals surface area contributed by atoms with E-state index in [4.69, 9.17) is 14.7 Å². The third kappa shape index (κ3) is 7.62. The molecule has 0 bridgehead atoms. The van der Waals surface area contributed by atoms with E-state index in [1.807, 2.05) is 54.6 Å². The lowest BCUT2D eigenvalue weighted by atomic mass is 10.0. The SMILES string of the molecule is C=CC(=O)OCCCOc1ccc2cc(C#Cc3ccc(C#Cc4ccc(C#N)cc4)c(CC)c3)ccc2c1. The molecule has 0 amide bonds. The van der Waals surface area contributed by atoms with Crippen molar-refractivity contribution in [3.8, 4) is 35.5 Å². The van der Waals surface area contributed by atoms with Crippen molar-refractivity contribution in [3.63, 3.8) is 0 Å². The van der Waals surface area contributed by atoms with Gasteiger partial charge >= 0.3 is 5.97 Å². The van der Waals surface area contributed by atoms with Gasteiger partial charge in [-0.05, 0) is 89.5 Å². The molecule has 0 aliphatic carbocycles. The minimum Gasteiger partial charge on any atom is -0.493 e. The summed E-state index contributed by atoms with van der Waals surface area (Å²) >= 11 is 0. The highest BCUT2D eigenvalue weighted by Crippen LogP contribution is 2.22. The molecule has 0 saturated heterocycles. The summed E-state index contributed by atoms with van der Waals surface area (Å²) in [6, 6.07) is 27.6. The average molecular weight is 510 g/mol. The third-order valence-electron chi connectivity index (χ3n) is 5.97. The number of aryl methyl sites for hydroxylation is 1. The van der Waals surface area contributed by atoms with Crippen LogP contribution in [0.25, 0.3) is 10.8 Å². The Morgan fingerprint density at radius 1 is 0.795 bits per heavy atom. The molecule has 0 fully saturated rings. The standard InChI is InChI=1S/C35H27NO3/c1-3-30-22-27(13-16-31(30)15-12-26-6-10-29(25-36)11-7-26)8-9-28-14-17-33-24-34(19-18-32(33)23-28)38-20-5-21-39-35(37)4-2/h4,6-7,10-11,13-14,16-19,22-24H,2-3,5,20-21H2,1H3. The van der Waals surface area contributed by atoms with Gasteiger partial charge in [0.05, 0.1) is 24.8 Å². The van der Waals surface area contributed by atoms with E-state index in [1.165, 1.54) is 0 Å². The van der Waals surface area contributed by atoms with Crippen molar-refractivity contribution in [2.24, 2.45) is 0 Å². The molecule has 4 aromatic carbocycles. The molecule has 4 heteroatoms. The Labute approximate surface area is 229 Å². The highest BCUT2D eigenvalue weighted by atomic mass is 16.5. The van der Waals surface area contributed by atoms with Crippen LogP contribution in [0, 0.1) is 35.0 Å². The average Bonchev–Trinajstić information content (AvgIpc) is 2.98. The number of hydrogen-bond acceptors (Lipinski definition) is 4. The number of fused-ring (bicyclic) bond motifs is 1. The van der Waals surface area contributed by atoms with E-state index in [1.54, 1.807) is 12.1 Å². The molecule has 0 unspecified atom stereocenters. The second-order valence-corrected chi connectivity index (χ2v) is 8.71. The summed E-state index contributed by atoms with van der Waals surface area (Å²) < 4.78 is 10.7. The highest BCUT2D eigenvalue weighted by molar-refractivity contribution is 5.85. The summed E-state index contributed by atoms with van der Waals surface area (Å²) in [4.78, 5) is 11.1. The fraction of sp³-hybridized carbons (Fsp3) is 0.143. The Balaban J connectivity index is 1.42. The highest BCUT2D eigenvalue weighted by Gasteiger charge is 2.02. The summed E-state index contributed by atoms with van der Waals surface area (Å²) in [6.45, 7) is 6.24. The molecular weight excluding hydrogens is 482 g/mol. The summed E-state index contributed by atoms with van der Waals surface area (Å²) in [7, 11) is 0. The normalized spacial score (nSPS) is 9.85. The quantitative estimate of drug-likeness (QED) is 0.122. The Hall–Kier alpha value is -5.24. The second-order valence-electron chi connectivity index (χ2n) is 8.71. The number of esters is 1. The predicted molar refractivity (Wildman–Crippen MR) is 154 cm³/mol. The van der Waals surface area contributed by atoms with Crippen molar-refractivity contribution < 1.29 is 14.3 Å². The van der Waals surface area contributed by atoms with E-state index in [2.05, 4.69) is 55.4 Å². The molecule has 0 aliphatic heterocycles. The van der Waals surface area contributed by atoms with E-state index >= 15 is 0 Å². The van der Waals surface area contributed by atoms with Gasteiger partial charge in [0.25, 0.3) is 0 Å². The number of hydrogen-bond donors (Lipinski definition) is 0. The van der Waals surface area contributed by atoms with E-state index in [9.17, 15) is 4.79 Å². The van der Waals surface area contributed by atoms with Gasteiger partial charge in [0.2, 0.25) is 0 Å². The summed E-state index contributed by atoms with van der Waals surface area (Å²) in [5.74, 6) is 13.3. The first-order valence-electron chi connectivity index (χ1n) is 12.7. The number of carbonyl (C=O) groups excluding carboxylic acids is 1. The molecule has 0 saturated carbocycles. The molecule has 4 aromatic rings. The van der Waals surface area contributed by atoms with Crippen LogP contribution in [0.1, 0.15) is 46.7 Å². The monoisotopic (exact) mass is 509 g/mol. The minimum absolute atomic E-state index is 0.301.